The van der Waals surface area contributed by atoms with Gasteiger partial charge < -0.3 is 9.84 Å². The summed E-state index contributed by atoms with van der Waals surface area (Å²) in [6, 6.07) is 0. The Morgan fingerprint density at radius 3 is 1.21 bits per heavy atom. The van der Waals surface area contributed by atoms with Crippen molar-refractivity contribution in [1.29, 1.82) is 0 Å². The second-order valence-corrected chi connectivity index (χ2v) is 8.59. The van der Waals surface area contributed by atoms with E-state index in [0.29, 0.717) is 6.42 Å². The molecule has 0 saturated carbocycles. The number of aliphatic carboxylic acids is 1. The van der Waals surface area contributed by atoms with Gasteiger partial charge in [0.1, 0.15) is 0 Å². The van der Waals surface area contributed by atoms with Crippen molar-refractivity contribution >= 4 is 11.9 Å². The fraction of sp³-hybridized carbons (Fsp3) is 0.920. The number of unbranched alkanes of at least 4 members (excludes halogenated alkanes) is 18. The van der Waals surface area contributed by atoms with Crippen LogP contribution in [0, 0.1) is 0 Å². The highest BCUT2D eigenvalue weighted by molar-refractivity contribution is 5.76. The lowest BCUT2D eigenvalue weighted by molar-refractivity contribution is -0.163. The SMILES string of the molecule is CCCCCCCCCCCCCCCCCCCCCC(OC(C)=O)C(=O)O. The molecule has 1 N–H and O–H groups in total. The van der Waals surface area contributed by atoms with Crippen LogP contribution >= 0.6 is 0 Å². The molecule has 0 aromatic heterocycles. The molecule has 1 atom stereocenters. The third kappa shape index (κ3) is 21.5. The Kier molecular flexibility index (Phi) is 20.9. The van der Waals surface area contributed by atoms with Gasteiger partial charge in [0, 0.05) is 6.92 Å². The summed E-state index contributed by atoms with van der Waals surface area (Å²) in [6.45, 7) is 3.53. The highest BCUT2D eigenvalue weighted by Crippen LogP contribution is 2.15. The summed E-state index contributed by atoms with van der Waals surface area (Å²) in [6.07, 6.45) is 24.5. The maximum atomic E-state index is 11.0. The molecule has 4 heteroatoms. The van der Waals surface area contributed by atoms with Crippen LogP contribution in [0.3, 0.4) is 0 Å². The summed E-state index contributed by atoms with van der Waals surface area (Å²) >= 11 is 0. The lowest BCUT2D eigenvalue weighted by Gasteiger charge is -2.11. The van der Waals surface area contributed by atoms with Gasteiger partial charge in [-0.25, -0.2) is 4.79 Å². The molecule has 0 aromatic carbocycles. The Morgan fingerprint density at radius 2 is 0.931 bits per heavy atom. The smallest absolute Gasteiger partial charge is 0.345 e. The third-order valence-electron chi connectivity index (χ3n) is 5.65. The van der Waals surface area contributed by atoms with Crippen molar-refractivity contribution in [2.45, 2.75) is 148 Å². The van der Waals surface area contributed by atoms with Gasteiger partial charge in [0.25, 0.3) is 0 Å². The number of esters is 1. The molecule has 4 nitrogen and oxygen atoms in total. The van der Waals surface area contributed by atoms with Gasteiger partial charge in [-0.15, -0.1) is 0 Å². The molecule has 0 saturated heterocycles. The summed E-state index contributed by atoms with van der Waals surface area (Å²) in [4.78, 5) is 21.9. The standard InChI is InChI=1S/C25H48O4/c1-3-4-5-6-7-8-9-10-11-12-13-14-15-16-17-18-19-20-21-22-24(25(27)28)29-23(2)26/h24H,3-22H2,1-2H3,(H,27,28). The molecule has 0 aliphatic heterocycles. The first-order valence-corrected chi connectivity index (χ1v) is 12.5. The predicted molar refractivity (Wildman–Crippen MR) is 121 cm³/mol. The van der Waals surface area contributed by atoms with E-state index in [1.165, 1.54) is 110 Å². The van der Waals surface area contributed by atoms with Crippen molar-refractivity contribution < 1.29 is 19.4 Å². The summed E-state index contributed by atoms with van der Waals surface area (Å²) in [5.41, 5.74) is 0. The largest absolute Gasteiger partial charge is 0.479 e. The minimum Gasteiger partial charge on any atom is -0.479 e. The highest BCUT2D eigenvalue weighted by atomic mass is 16.6. The molecular weight excluding hydrogens is 364 g/mol. The molecular formula is C25H48O4. The van der Waals surface area contributed by atoms with Crippen LogP contribution in [0.15, 0.2) is 0 Å². The van der Waals surface area contributed by atoms with Crippen LogP contribution in [0.1, 0.15) is 142 Å². The summed E-state index contributed by atoms with van der Waals surface area (Å²) in [5.74, 6) is -1.56. The monoisotopic (exact) mass is 412 g/mol. The quantitative estimate of drug-likeness (QED) is 0.145. The van der Waals surface area contributed by atoms with E-state index >= 15 is 0 Å². The molecule has 0 amide bonds. The van der Waals surface area contributed by atoms with E-state index in [9.17, 15) is 9.59 Å². The van der Waals surface area contributed by atoms with Crippen molar-refractivity contribution in [3.8, 4) is 0 Å². The second kappa shape index (κ2) is 21.6. The van der Waals surface area contributed by atoms with Crippen molar-refractivity contribution in [1.82, 2.24) is 0 Å². The summed E-state index contributed by atoms with van der Waals surface area (Å²) in [7, 11) is 0. The zero-order valence-electron chi connectivity index (χ0n) is 19.4. The minimum atomic E-state index is -1.04. The van der Waals surface area contributed by atoms with Crippen LogP contribution in [0.4, 0.5) is 0 Å². The van der Waals surface area contributed by atoms with Crippen molar-refractivity contribution in [3.05, 3.63) is 0 Å². The number of carboxylic acid groups (broad SMARTS) is 1. The Bertz CT molecular complexity index is 381. The van der Waals surface area contributed by atoms with Gasteiger partial charge in [-0.05, 0) is 12.8 Å². The molecule has 0 aromatic rings. The third-order valence-corrected chi connectivity index (χ3v) is 5.65. The zero-order chi connectivity index (χ0) is 21.6. The number of ether oxygens (including phenoxy) is 1. The molecule has 172 valence electrons. The van der Waals surface area contributed by atoms with Crippen LogP contribution in [0.5, 0.6) is 0 Å². The molecule has 1 unspecified atom stereocenters. The van der Waals surface area contributed by atoms with Crippen LogP contribution in [0.2, 0.25) is 0 Å². The van der Waals surface area contributed by atoms with E-state index in [0.717, 1.165) is 19.3 Å². The molecule has 0 heterocycles. The van der Waals surface area contributed by atoms with Crippen molar-refractivity contribution in [2.24, 2.45) is 0 Å². The first-order valence-electron chi connectivity index (χ1n) is 12.5. The topological polar surface area (TPSA) is 63.6 Å². The first kappa shape index (κ1) is 27.9. The number of hydrogen-bond acceptors (Lipinski definition) is 3. The first-order chi connectivity index (χ1) is 14.1. The van der Waals surface area contributed by atoms with Gasteiger partial charge >= 0.3 is 11.9 Å². The average Bonchev–Trinajstić information content (AvgIpc) is 2.68. The van der Waals surface area contributed by atoms with Crippen molar-refractivity contribution in [2.75, 3.05) is 0 Å². The summed E-state index contributed by atoms with van der Waals surface area (Å²) in [5, 5.41) is 9.00. The van der Waals surface area contributed by atoms with Crippen LogP contribution in [-0.2, 0) is 14.3 Å². The fourth-order valence-corrected chi connectivity index (χ4v) is 3.84. The molecule has 29 heavy (non-hydrogen) atoms. The van der Waals surface area contributed by atoms with Crippen LogP contribution in [0.25, 0.3) is 0 Å². The lowest BCUT2D eigenvalue weighted by atomic mass is 10.0. The number of carbonyl (C=O) groups excluding carboxylic acids is 1. The molecule has 0 bridgehead atoms. The van der Waals surface area contributed by atoms with E-state index in [2.05, 4.69) is 6.92 Å². The van der Waals surface area contributed by atoms with Gasteiger partial charge in [0.15, 0.2) is 6.10 Å². The van der Waals surface area contributed by atoms with Gasteiger partial charge in [0.2, 0.25) is 0 Å². The second-order valence-electron chi connectivity index (χ2n) is 8.59. The summed E-state index contributed by atoms with van der Waals surface area (Å²) < 4.78 is 4.81. The van der Waals surface area contributed by atoms with Crippen LogP contribution < -0.4 is 0 Å². The molecule has 0 aliphatic rings. The molecule has 0 aliphatic carbocycles. The fourth-order valence-electron chi connectivity index (χ4n) is 3.84. The van der Waals surface area contributed by atoms with E-state index in [1.807, 2.05) is 0 Å². The number of rotatable bonds is 22. The number of carbonyl (C=O) groups is 2. The predicted octanol–water partition coefficient (Wildman–Crippen LogP) is 7.82. The molecule has 0 fully saturated rings. The Balaban J connectivity index is 3.22. The van der Waals surface area contributed by atoms with Gasteiger partial charge in [-0.1, -0.05) is 122 Å². The number of carboxylic acids is 1. The minimum absolute atomic E-state index is 0.424. The molecule has 0 radical (unpaired) electrons. The van der Waals surface area contributed by atoms with E-state index < -0.39 is 18.0 Å². The van der Waals surface area contributed by atoms with E-state index in [-0.39, 0.29) is 0 Å². The normalized spacial score (nSPS) is 12.1. The highest BCUT2D eigenvalue weighted by Gasteiger charge is 2.19. The maximum absolute atomic E-state index is 11.0. The van der Waals surface area contributed by atoms with Gasteiger partial charge in [-0.3, -0.25) is 4.79 Å². The molecule has 0 spiro atoms. The Labute approximate surface area is 180 Å². The lowest BCUT2D eigenvalue weighted by Crippen LogP contribution is -2.25. The average molecular weight is 413 g/mol. The number of hydrogen-bond donors (Lipinski definition) is 1. The Morgan fingerprint density at radius 1 is 0.621 bits per heavy atom. The van der Waals surface area contributed by atoms with E-state index in [4.69, 9.17) is 9.84 Å². The van der Waals surface area contributed by atoms with Gasteiger partial charge in [-0.2, -0.15) is 0 Å². The van der Waals surface area contributed by atoms with E-state index in [1.54, 1.807) is 0 Å². The van der Waals surface area contributed by atoms with Gasteiger partial charge in [0.05, 0.1) is 0 Å². The van der Waals surface area contributed by atoms with Crippen LogP contribution in [-0.4, -0.2) is 23.1 Å². The van der Waals surface area contributed by atoms with Crippen molar-refractivity contribution in [3.63, 3.8) is 0 Å². The Hall–Kier alpha value is -1.06. The zero-order valence-corrected chi connectivity index (χ0v) is 19.4. The maximum Gasteiger partial charge on any atom is 0.345 e. The molecule has 0 rings (SSSR count).